The number of carbonyl (C=O) groups excluding carboxylic acids is 1. The molecule has 5 nitrogen and oxygen atoms in total. The van der Waals surface area contributed by atoms with Crippen LogP contribution in [-0.4, -0.2) is 26.1 Å². The van der Waals surface area contributed by atoms with E-state index in [0.29, 0.717) is 11.7 Å². The number of hydrogen-bond acceptors (Lipinski definition) is 3. The minimum Gasteiger partial charge on any atom is -0.353 e. The van der Waals surface area contributed by atoms with Crippen LogP contribution in [0.1, 0.15) is 57.4 Å². The third-order valence-corrected chi connectivity index (χ3v) is 6.73. The molecule has 0 bridgehead atoms. The molecule has 0 aliphatic heterocycles. The number of nitrogens with one attached hydrogen (secondary N) is 2. The van der Waals surface area contributed by atoms with Gasteiger partial charge < -0.3 is 5.32 Å². The first-order valence-electron chi connectivity index (χ1n) is 8.87. The lowest BCUT2D eigenvalue weighted by atomic mass is 9.63. The smallest absolute Gasteiger partial charge is 0.232 e. The summed E-state index contributed by atoms with van der Waals surface area (Å²) in [4.78, 5) is 12.8. The van der Waals surface area contributed by atoms with Gasteiger partial charge in [-0.1, -0.05) is 31.4 Å². The van der Waals surface area contributed by atoms with Gasteiger partial charge in [-0.3, -0.25) is 9.52 Å². The van der Waals surface area contributed by atoms with Gasteiger partial charge in [-0.05, 0) is 50.3 Å². The molecule has 1 aromatic carbocycles. The van der Waals surface area contributed by atoms with Crippen LogP contribution >= 0.6 is 0 Å². The van der Waals surface area contributed by atoms with Crippen LogP contribution in [0.25, 0.3) is 0 Å². The van der Waals surface area contributed by atoms with E-state index in [1.54, 1.807) is 19.1 Å². The van der Waals surface area contributed by atoms with Crippen molar-refractivity contribution in [1.29, 1.82) is 0 Å². The van der Waals surface area contributed by atoms with E-state index >= 15 is 0 Å². The van der Waals surface area contributed by atoms with Crippen LogP contribution in [0, 0.1) is 0 Å². The van der Waals surface area contributed by atoms with Crippen molar-refractivity contribution in [2.45, 2.75) is 63.3 Å². The van der Waals surface area contributed by atoms with Gasteiger partial charge in [0.25, 0.3) is 0 Å². The molecule has 0 aromatic heterocycles. The number of rotatable bonds is 6. The van der Waals surface area contributed by atoms with E-state index in [1.165, 1.54) is 12.8 Å². The Balaban J connectivity index is 1.74. The number of amides is 1. The monoisotopic (exact) mass is 350 g/mol. The van der Waals surface area contributed by atoms with E-state index in [-0.39, 0.29) is 11.7 Å². The minimum atomic E-state index is -3.27. The highest BCUT2D eigenvalue weighted by Crippen LogP contribution is 2.44. The number of sulfonamides is 1. The highest BCUT2D eigenvalue weighted by Gasteiger charge is 2.46. The summed E-state index contributed by atoms with van der Waals surface area (Å²) in [5.74, 6) is 0.185. The second kappa shape index (κ2) is 6.75. The fraction of sp³-hybridized carbons (Fsp3) is 0.611. The Labute approximate surface area is 144 Å². The molecule has 24 heavy (non-hydrogen) atoms. The van der Waals surface area contributed by atoms with E-state index < -0.39 is 15.4 Å². The Morgan fingerprint density at radius 1 is 1.12 bits per heavy atom. The molecular weight excluding hydrogens is 324 g/mol. The van der Waals surface area contributed by atoms with Crippen molar-refractivity contribution < 1.29 is 13.2 Å². The molecule has 1 amide bonds. The number of benzene rings is 1. The predicted octanol–water partition coefficient (Wildman–Crippen LogP) is 2.93. The summed E-state index contributed by atoms with van der Waals surface area (Å²) >= 11 is 0. The lowest BCUT2D eigenvalue weighted by molar-refractivity contribution is -0.130. The average Bonchev–Trinajstić information content (AvgIpc) is 3.00. The largest absolute Gasteiger partial charge is 0.353 e. The van der Waals surface area contributed by atoms with Crippen LogP contribution in [0.3, 0.4) is 0 Å². The third-order valence-electron chi connectivity index (χ3n) is 5.42. The van der Waals surface area contributed by atoms with Crippen molar-refractivity contribution in [3.8, 4) is 0 Å². The predicted molar refractivity (Wildman–Crippen MR) is 95.5 cm³/mol. The molecule has 2 fully saturated rings. The maximum absolute atomic E-state index is 12.8. The van der Waals surface area contributed by atoms with Crippen molar-refractivity contribution in [3.63, 3.8) is 0 Å². The molecule has 0 unspecified atom stereocenters. The van der Waals surface area contributed by atoms with Crippen LogP contribution in [0.15, 0.2) is 24.3 Å². The second-order valence-electron chi connectivity index (χ2n) is 6.97. The molecule has 2 N–H and O–H groups in total. The summed E-state index contributed by atoms with van der Waals surface area (Å²) in [7, 11) is -3.27. The molecule has 0 radical (unpaired) electrons. The summed E-state index contributed by atoms with van der Waals surface area (Å²) in [5.41, 5.74) is 1.11. The van der Waals surface area contributed by atoms with E-state index in [4.69, 9.17) is 0 Å². The molecule has 0 atom stereocenters. The molecule has 0 spiro atoms. The molecule has 1 aromatic rings. The number of anilines is 1. The third kappa shape index (κ3) is 3.43. The van der Waals surface area contributed by atoms with Crippen molar-refractivity contribution in [1.82, 2.24) is 5.32 Å². The molecule has 2 aliphatic rings. The molecular formula is C18H26N2O3S. The van der Waals surface area contributed by atoms with Crippen molar-refractivity contribution >= 4 is 21.6 Å². The SMILES string of the molecule is CCS(=O)(=O)Nc1ccc(C2(C(=O)NC3CCCC3)CCC2)cc1. The van der Waals surface area contributed by atoms with Crippen molar-refractivity contribution in [2.75, 3.05) is 10.5 Å². The maximum atomic E-state index is 12.8. The zero-order chi connectivity index (χ0) is 17.2. The summed E-state index contributed by atoms with van der Waals surface area (Å²) in [6, 6.07) is 7.62. The quantitative estimate of drug-likeness (QED) is 0.828. The molecule has 6 heteroatoms. The fourth-order valence-electron chi connectivity index (χ4n) is 3.68. The van der Waals surface area contributed by atoms with E-state index in [9.17, 15) is 13.2 Å². The molecule has 0 saturated heterocycles. The summed E-state index contributed by atoms with van der Waals surface area (Å²) in [6.45, 7) is 1.60. The van der Waals surface area contributed by atoms with Gasteiger partial charge in [-0.15, -0.1) is 0 Å². The fourth-order valence-corrected chi connectivity index (χ4v) is 4.32. The standard InChI is InChI=1S/C18H26N2O3S/c1-2-24(22,23)20-16-10-8-14(9-11-16)18(12-5-13-18)17(21)19-15-6-3-4-7-15/h8-11,15,20H,2-7,12-13H2,1H3,(H,19,21). The van der Waals surface area contributed by atoms with Gasteiger partial charge in [0.2, 0.25) is 15.9 Å². The van der Waals surface area contributed by atoms with Gasteiger partial charge in [0.1, 0.15) is 0 Å². The first kappa shape index (κ1) is 17.3. The van der Waals surface area contributed by atoms with Crippen molar-refractivity contribution in [2.24, 2.45) is 0 Å². The lowest BCUT2D eigenvalue weighted by Crippen LogP contribution is -2.51. The van der Waals surface area contributed by atoms with Crippen molar-refractivity contribution in [3.05, 3.63) is 29.8 Å². The molecule has 0 heterocycles. The topological polar surface area (TPSA) is 75.3 Å². The molecule has 2 saturated carbocycles. The maximum Gasteiger partial charge on any atom is 0.232 e. The Morgan fingerprint density at radius 3 is 2.25 bits per heavy atom. The minimum absolute atomic E-state index is 0.0441. The zero-order valence-corrected chi connectivity index (χ0v) is 15.0. The highest BCUT2D eigenvalue weighted by molar-refractivity contribution is 7.92. The Hall–Kier alpha value is -1.56. The van der Waals surface area contributed by atoms with Crippen LogP contribution in [0.5, 0.6) is 0 Å². The molecule has 3 rings (SSSR count). The first-order valence-corrected chi connectivity index (χ1v) is 10.5. The molecule has 132 valence electrons. The average molecular weight is 350 g/mol. The van der Waals surface area contributed by atoms with Crippen LogP contribution in [-0.2, 0) is 20.2 Å². The van der Waals surface area contributed by atoms with E-state index in [1.807, 2.05) is 12.1 Å². The number of carbonyl (C=O) groups is 1. The Morgan fingerprint density at radius 2 is 1.75 bits per heavy atom. The Bertz CT molecular complexity index is 687. The van der Waals surface area contributed by atoms with E-state index in [2.05, 4.69) is 10.0 Å². The summed E-state index contributed by atoms with van der Waals surface area (Å²) in [5, 5.41) is 3.23. The Kier molecular flexibility index (Phi) is 4.85. The van der Waals surface area contributed by atoms with Crippen LogP contribution in [0.4, 0.5) is 5.69 Å². The van der Waals surface area contributed by atoms with E-state index in [0.717, 1.165) is 37.7 Å². The van der Waals surface area contributed by atoms with Gasteiger partial charge in [-0.2, -0.15) is 0 Å². The van der Waals surface area contributed by atoms with Gasteiger partial charge in [0.15, 0.2) is 0 Å². The summed E-state index contributed by atoms with van der Waals surface area (Å²) < 4.78 is 25.8. The highest BCUT2D eigenvalue weighted by atomic mass is 32.2. The lowest BCUT2D eigenvalue weighted by Gasteiger charge is -2.41. The van der Waals surface area contributed by atoms with Gasteiger partial charge >= 0.3 is 0 Å². The normalized spacial score (nSPS) is 20.4. The first-order chi connectivity index (χ1) is 11.5. The van der Waals surface area contributed by atoms with Gasteiger partial charge in [-0.25, -0.2) is 8.42 Å². The van der Waals surface area contributed by atoms with Gasteiger partial charge in [0, 0.05) is 11.7 Å². The van der Waals surface area contributed by atoms with Gasteiger partial charge in [0.05, 0.1) is 11.2 Å². The zero-order valence-electron chi connectivity index (χ0n) is 14.2. The molecule has 2 aliphatic carbocycles. The summed E-state index contributed by atoms with van der Waals surface area (Å²) in [6.07, 6.45) is 7.35. The van der Waals surface area contributed by atoms with Crippen LogP contribution in [0.2, 0.25) is 0 Å². The van der Waals surface area contributed by atoms with Crippen LogP contribution < -0.4 is 10.0 Å². The number of hydrogen-bond donors (Lipinski definition) is 2. The second-order valence-corrected chi connectivity index (χ2v) is 8.98.